The number of ether oxygens (including phenoxy) is 1. The van der Waals surface area contributed by atoms with Gasteiger partial charge in [-0.3, -0.25) is 4.79 Å². The third kappa shape index (κ3) is 5.63. The largest absolute Gasteiger partial charge is 0.394 e. The first-order valence-electron chi connectivity index (χ1n) is 9.03. The molecular weight excluding hydrogens is 310 g/mol. The minimum absolute atomic E-state index is 0.0122. The summed E-state index contributed by atoms with van der Waals surface area (Å²) in [4.78, 5) is 25.5. The molecule has 2 rings (SSSR count). The number of urea groups is 1. The highest BCUT2D eigenvalue weighted by atomic mass is 16.5. The number of nitrogens with zero attached hydrogens (tertiary/aromatic N) is 1. The number of carbonyl (C=O) groups excluding carboxylic acids is 2. The van der Waals surface area contributed by atoms with Crippen LogP contribution in [0.15, 0.2) is 0 Å². The van der Waals surface area contributed by atoms with Crippen molar-refractivity contribution in [1.82, 2.24) is 15.5 Å². The highest BCUT2D eigenvalue weighted by molar-refractivity contribution is 5.76. The van der Waals surface area contributed by atoms with E-state index in [9.17, 15) is 14.7 Å². The van der Waals surface area contributed by atoms with Crippen LogP contribution in [0.2, 0.25) is 0 Å². The molecular formula is C17H31N3O4. The van der Waals surface area contributed by atoms with E-state index in [0.29, 0.717) is 19.3 Å². The van der Waals surface area contributed by atoms with Gasteiger partial charge in [-0.1, -0.05) is 19.3 Å². The molecule has 1 saturated heterocycles. The smallest absolute Gasteiger partial charge is 0.315 e. The highest BCUT2D eigenvalue weighted by Gasteiger charge is 2.33. The molecule has 3 amide bonds. The van der Waals surface area contributed by atoms with Gasteiger partial charge in [0.1, 0.15) is 6.10 Å². The van der Waals surface area contributed by atoms with Crippen molar-refractivity contribution in [2.24, 2.45) is 0 Å². The second kappa shape index (κ2) is 9.22. The highest BCUT2D eigenvalue weighted by Crippen LogP contribution is 2.22. The lowest BCUT2D eigenvalue weighted by Crippen LogP contribution is -2.55. The maximum Gasteiger partial charge on any atom is 0.315 e. The molecule has 3 N–H and O–H groups in total. The van der Waals surface area contributed by atoms with Crippen molar-refractivity contribution in [3.63, 3.8) is 0 Å². The molecule has 7 nitrogen and oxygen atoms in total. The van der Waals surface area contributed by atoms with E-state index in [4.69, 9.17) is 4.74 Å². The summed E-state index contributed by atoms with van der Waals surface area (Å²) in [6, 6.07) is -0.151. The summed E-state index contributed by atoms with van der Waals surface area (Å²) in [6.07, 6.45) is 6.70. The number of hydrogen-bond donors (Lipinski definition) is 3. The number of aliphatic hydroxyl groups is 1. The maximum atomic E-state index is 12.2. The lowest BCUT2D eigenvalue weighted by Gasteiger charge is -2.36. The standard InChI is InChI=1S/C17H31N3O4/c1-20(2)16(22)10-13-8-9-14(15(11-21)24-13)19-17(23)18-12-6-4-3-5-7-12/h12-15,21H,3-11H2,1-2H3,(H2,18,19,23)/t13-,14+,15+/m0/s1. The molecule has 138 valence electrons. The number of rotatable bonds is 5. The summed E-state index contributed by atoms with van der Waals surface area (Å²) in [5, 5.41) is 15.5. The average Bonchev–Trinajstić information content (AvgIpc) is 2.56. The van der Waals surface area contributed by atoms with Gasteiger partial charge in [0.25, 0.3) is 0 Å². The molecule has 0 unspecified atom stereocenters. The molecule has 2 aliphatic rings. The topological polar surface area (TPSA) is 90.9 Å². The van der Waals surface area contributed by atoms with Gasteiger partial charge in [0.15, 0.2) is 0 Å². The number of aliphatic hydroxyl groups excluding tert-OH is 1. The van der Waals surface area contributed by atoms with Crippen molar-refractivity contribution >= 4 is 11.9 Å². The quantitative estimate of drug-likeness (QED) is 0.696. The molecule has 24 heavy (non-hydrogen) atoms. The Kier molecular flexibility index (Phi) is 7.30. The van der Waals surface area contributed by atoms with Gasteiger partial charge in [-0.05, 0) is 25.7 Å². The first-order chi connectivity index (χ1) is 11.5. The van der Waals surface area contributed by atoms with Gasteiger partial charge in [-0.15, -0.1) is 0 Å². The van der Waals surface area contributed by atoms with Crippen LogP contribution in [0.4, 0.5) is 4.79 Å². The Morgan fingerprint density at radius 2 is 1.79 bits per heavy atom. The van der Waals surface area contributed by atoms with E-state index in [1.807, 2.05) is 0 Å². The van der Waals surface area contributed by atoms with E-state index in [1.165, 1.54) is 19.3 Å². The fourth-order valence-corrected chi connectivity index (χ4v) is 3.47. The normalized spacial score (nSPS) is 28.2. The van der Waals surface area contributed by atoms with Crippen molar-refractivity contribution < 1.29 is 19.4 Å². The lowest BCUT2D eigenvalue weighted by atomic mass is 9.95. The number of amides is 3. The van der Waals surface area contributed by atoms with Crippen molar-refractivity contribution in [3.05, 3.63) is 0 Å². The minimum atomic E-state index is -0.462. The van der Waals surface area contributed by atoms with Gasteiger partial charge in [-0.2, -0.15) is 0 Å². The molecule has 0 aromatic rings. The van der Waals surface area contributed by atoms with E-state index in [1.54, 1.807) is 19.0 Å². The third-order valence-electron chi connectivity index (χ3n) is 4.95. The average molecular weight is 341 g/mol. The molecule has 1 aliphatic carbocycles. The molecule has 0 spiro atoms. The van der Waals surface area contributed by atoms with E-state index in [2.05, 4.69) is 10.6 Å². The van der Waals surface area contributed by atoms with Crippen LogP contribution >= 0.6 is 0 Å². The Hall–Kier alpha value is -1.34. The zero-order valence-electron chi connectivity index (χ0n) is 14.8. The van der Waals surface area contributed by atoms with Crippen LogP contribution in [0.3, 0.4) is 0 Å². The third-order valence-corrected chi connectivity index (χ3v) is 4.95. The number of nitrogens with one attached hydrogen (secondary N) is 2. The molecule has 0 aromatic carbocycles. The molecule has 0 bridgehead atoms. The molecule has 3 atom stereocenters. The van der Waals surface area contributed by atoms with Gasteiger partial charge >= 0.3 is 6.03 Å². The lowest BCUT2D eigenvalue weighted by molar-refractivity contribution is -0.137. The van der Waals surface area contributed by atoms with Gasteiger partial charge in [0, 0.05) is 20.1 Å². The van der Waals surface area contributed by atoms with Crippen LogP contribution in [0.1, 0.15) is 51.4 Å². The van der Waals surface area contributed by atoms with Gasteiger partial charge in [-0.25, -0.2) is 4.79 Å². The summed E-state index contributed by atoms with van der Waals surface area (Å²) in [5.74, 6) is 0.0122. The van der Waals surface area contributed by atoms with Crippen molar-refractivity contribution in [2.45, 2.75) is 75.7 Å². The summed E-state index contributed by atoms with van der Waals surface area (Å²) >= 11 is 0. The SMILES string of the molecule is CN(C)C(=O)C[C@@H]1CC[C@@H](NC(=O)NC2CCCCC2)[C@@H](CO)O1. The van der Waals surface area contributed by atoms with Crippen LogP contribution in [0.25, 0.3) is 0 Å². The van der Waals surface area contributed by atoms with E-state index in [-0.39, 0.29) is 36.7 Å². The van der Waals surface area contributed by atoms with Crippen LogP contribution in [0.5, 0.6) is 0 Å². The molecule has 1 heterocycles. The summed E-state index contributed by atoms with van der Waals surface area (Å²) in [6.45, 7) is -0.166. The minimum Gasteiger partial charge on any atom is -0.394 e. The van der Waals surface area contributed by atoms with E-state index < -0.39 is 6.10 Å². The first kappa shape index (κ1) is 19.0. The Bertz CT molecular complexity index is 424. The predicted molar refractivity (Wildman–Crippen MR) is 90.6 cm³/mol. The molecule has 1 saturated carbocycles. The molecule has 2 fully saturated rings. The summed E-state index contributed by atoms with van der Waals surface area (Å²) in [5.41, 5.74) is 0. The van der Waals surface area contributed by atoms with Crippen molar-refractivity contribution in [1.29, 1.82) is 0 Å². The Labute approximate surface area is 144 Å². The fourth-order valence-electron chi connectivity index (χ4n) is 3.47. The van der Waals surface area contributed by atoms with Crippen LogP contribution in [-0.2, 0) is 9.53 Å². The maximum absolute atomic E-state index is 12.2. The zero-order chi connectivity index (χ0) is 17.5. The Morgan fingerprint density at radius 1 is 1.08 bits per heavy atom. The number of carbonyl (C=O) groups is 2. The summed E-state index contributed by atoms with van der Waals surface area (Å²) in [7, 11) is 3.43. The first-order valence-corrected chi connectivity index (χ1v) is 9.03. The molecule has 0 aromatic heterocycles. The van der Waals surface area contributed by atoms with Gasteiger partial charge < -0.3 is 25.4 Å². The van der Waals surface area contributed by atoms with Crippen molar-refractivity contribution in [3.8, 4) is 0 Å². The van der Waals surface area contributed by atoms with Crippen LogP contribution in [-0.4, -0.2) is 66.9 Å². The molecule has 1 aliphatic heterocycles. The van der Waals surface area contributed by atoms with E-state index >= 15 is 0 Å². The van der Waals surface area contributed by atoms with Crippen molar-refractivity contribution in [2.75, 3.05) is 20.7 Å². The molecule has 7 heteroatoms. The predicted octanol–water partition coefficient (Wildman–Crippen LogP) is 1.01. The second-order valence-corrected chi connectivity index (χ2v) is 7.11. The van der Waals surface area contributed by atoms with E-state index in [0.717, 1.165) is 12.8 Å². The zero-order valence-corrected chi connectivity index (χ0v) is 14.8. The van der Waals surface area contributed by atoms with Gasteiger partial charge in [0.2, 0.25) is 5.91 Å². The summed E-state index contributed by atoms with van der Waals surface area (Å²) < 4.78 is 5.82. The molecule has 0 radical (unpaired) electrons. The number of hydrogen-bond acceptors (Lipinski definition) is 4. The van der Waals surface area contributed by atoms with Crippen LogP contribution in [0, 0.1) is 0 Å². The second-order valence-electron chi connectivity index (χ2n) is 7.11. The fraction of sp³-hybridized carbons (Fsp3) is 0.882. The van der Waals surface area contributed by atoms with Gasteiger partial charge in [0.05, 0.1) is 25.2 Å². The Balaban J connectivity index is 1.78. The monoisotopic (exact) mass is 341 g/mol. The van der Waals surface area contributed by atoms with Crippen LogP contribution < -0.4 is 10.6 Å². The Morgan fingerprint density at radius 3 is 2.42 bits per heavy atom.